The van der Waals surface area contributed by atoms with Crippen LogP contribution >= 0.6 is 34.5 Å². The van der Waals surface area contributed by atoms with Crippen molar-refractivity contribution in [3.8, 4) is 0 Å². The Bertz CT molecular complexity index is 2080. The largest absolute Gasteiger partial charge is 0.326 e. The summed E-state index contributed by atoms with van der Waals surface area (Å²) in [6, 6.07) is 15.8. The summed E-state index contributed by atoms with van der Waals surface area (Å²) in [4.78, 5) is 3.89. The zero-order valence-electron chi connectivity index (χ0n) is 25.7. The van der Waals surface area contributed by atoms with Gasteiger partial charge in [0.25, 0.3) is 25.2 Å². The first-order valence-electron chi connectivity index (χ1n) is 14.9. The number of aryl methyl sites for hydroxylation is 1. The van der Waals surface area contributed by atoms with E-state index < -0.39 is 25.5 Å². The van der Waals surface area contributed by atoms with Crippen molar-refractivity contribution < 1.29 is 30.5 Å². The average Bonchev–Trinajstić information content (AvgIpc) is 3.48. The maximum absolute atomic E-state index is 12.1. The van der Waals surface area contributed by atoms with E-state index >= 15 is 0 Å². The Morgan fingerprint density at radius 1 is 0.978 bits per heavy atom. The van der Waals surface area contributed by atoms with E-state index in [1.807, 2.05) is 41.9 Å². The number of nitrogens with zero attached hydrogens (tertiary/aromatic N) is 3. The molecular formula is C32H36Cl2N3O6S3+. The number of benzene rings is 3. The van der Waals surface area contributed by atoms with Crippen molar-refractivity contribution in [2.75, 3.05) is 28.6 Å². The van der Waals surface area contributed by atoms with Gasteiger partial charge in [-0.15, -0.1) is 0 Å². The van der Waals surface area contributed by atoms with Crippen LogP contribution in [0, 0.1) is 0 Å². The normalized spacial score (nSPS) is 15.8. The van der Waals surface area contributed by atoms with Crippen LogP contribution < -0.4 is 14.4 Å². The third-order valence-corrected chi connectivity index (χ3v) is 11.9. The van der Waals surface area contributed by atoms with Gasteiger partial charge in [0, 0.05) is 25.6 Å². The van der Waals surface area contributed by atoms with Crippen LogP contribution in [0.4, 0.5) is 11.4 Å². The molecule has 1 aromatic heterocycles. The first-order valence-corrected chi connectivity index (χ1v) is 19.6. The highest BCUT2D eigenvalue weighted by molar-refractivity contribution is 7.86. The molecule has 4 aromatic rings. The standard InChI is InChI=1S/C32H35Cl2N3O6S3/c1-4-22(16-30-35(5-2)27-18-25(33)26(34)19-28(27)37(30)20-21(3)46(41,42)43)17-31-36(14-8-9-15-45(38,39)40)32-24-11-7-6-10-23(24)12-13-29(32)44-31/h6-7,10-13,16-19,21H,4-5,8-9,14-15,20H2,1-3H3,(H-,38,39,40,41,42,43)/p+1. The van der Waals surface area contributed by atoms with Crippen LogP contribution in [0.25, 0.3) is 27.1 Å². The van der Waals surface area contributed by atoms with E-state index in [4.69, 9.17) is 23.2 Å². The van der Waals surface area contributed by atoms with Crippen molar-refractivity contribution in [2.45, 2.75) is 51.8 Å². The molecule has 2 heterocycles. The van der Waals surface area contributed by atoms with Crippen molar-refractivity contribution in [3.63, 3.8) is 0 Å². The summed E-state index contributed by atoms with van der Waals surface area (Å²) >= 11 is 14.5. The number of allylic oxidation sites excluding steroid dienone is 2. The van der Waals surface area contributed by atoms with Crippen molar-refractivity contribution in [1.29, 1.82) is 0 Å². The second-order valence-electron chi connectivity index (χ2n) is 11.2. The monoisotopic (exact) mass is 724 g/mol. The average molecular weight is 726 g/mol. The Morgan fingerprint density at radius 2 is 1.65 bits per heavy atom. The van der Waals surface area contributed by atoms with Gasteiger partial charge in [0.05, 0.1) is 32.6 Å². The lowest BCUT2D eigenvalue weighted by Gasteiger charge is -2.26. The van der Waals surface area contributed by atoms with Gasteiger partial charge >= 0.3 is 0 Å². The summed E-state index contributed by atoms with van der Waals surface area (Å²) in [5.74, 6) is 0.429. The molecule has 2 N–H and O–H groups in total. The van der Waals surface area contributed by atoms with Gasteiger partial charge in [0.1, 0.15) is 15.8 Å². The second-order valence-corrected chi connectivity index (χ2v) is 16.5. The van der Waals surface area contributed by atoms with Crippen molar-refractivity contribution in [3.05, 3.63) is 81.1 Å². The first kappa shape index (κ1) is 34.6. The Labute approximate surface area is 283 Å². The highest BCUT2D eigenvalue weighted by atomic mass is 35.5. The maximum atomic E-state index is 12.1. The molecule has 0 bridgehead atoms. The minimum atomic E-state index is -4.32. The number of fused-ring (bicyclic) bond motifs is 4. The Hall–Kier alpha value is -2.71. The van der Waals surface area contributed by atoms with Crippen LogP contribution in [-0.4, -0.2) is 50.0 Å². The van der Waals surface area contributed by atoms with Crippen LogP contribution in [0.2, 0.25) is 10.0 Å². The molecule has 1 atom stereocenters. The minimum Gasteiger partial charge on any atom is -0.326 e. The number of hydrogen-bond acceptors (Lipinski definition) is 7. The lowest BCUT2D eigenvalue weighted by Crippen LogP contribution is -2.36. The van der Waals surface area contributed by atoms with Crippen LogP contribution in [0.1, 0.15) is 45.0 Å². The van der Waals surface area contributed by atoms with Gasteiger partial charge in [-0.25, -0.2) is 0 Å². The van der Waals surface area contributed by atoms with Gasteiger partial charge < -0.3 is 9.80 Å². The topological polar surface area (TPSA) is 119 Å². The lowest BCUT2D eigenvalue weighted by molar-refractivity contribution is -0.668. The third kappa shape index (κ3) is 7.38. The molecular weight excluding hydrogens is 689 g/mol. The molecule has 3 aromatic carbocycles. The van der Waals surface area contributed by atoms with E-state index in [2.05, 4.69) is 34.9 Å². The van der Waals surface area contributed by atoms with Gasteiger partial charge in [0.2, 0.25) is 5.52 Å². The maximum Gasteiger partial charge on any atom is 0.269 e. The molecule has 46 heavy (non-hydrogen) atoms. The molecule has 1 aliphatic heterocycles. The molecule has 0 amide bonds. The number of thiazole rings is 1. The molecule has 0 fully saturated rings. The Morgan fingerprint density at radius 3 is 2.28 bits per heavy atom. The molecule has 246 valence electrons. The smallest absolute Gasteiger partial charge is 0.269 e. The third-order valence-electron chi connectivity index (χ3n) is 8.10. The molecule has 0 spiro atoms. The van der Waals surface area contributed by atoms with Crippen LogP contribution in [0.3, 0.4) is 0 Å². The van der Waals surface area contributed by atoms with E-state index in [-0.39, 0.29) is 12.3 Å². The summed E-state index contributed by atoms with van der Waals surface area (Å²) < 4.78 is 69.3. The number of aromatic nitrogens is 1. The first-order chi connectivity index (χ1) is 21.7. The van der Waals surface area contributed by atoms with Gasteiger partial charge in [-0.3, -0.25) is 9.11 Å². The molecule has 9 nitrogen and oxygen atoms in total. The highest BCUT2D eigenvalue weighted by Crippen LogP contribution is 2.46. The molecule has 1 unspecified atom stereocenters. The predicted molar refractivity (Wildman–Crippen MR) is 189 cm³/mol. The van der Waals surface area contributed by atoms with Crippen LogP contribution in [0.15, 0.2) is 66.0 Å². The molecule has 14 heteroatoms. The number of rotatable bonds is 12. The molecule has 0 radical (unpaired) electrons. The molecule has 5 rings (SSSR count). The van der Waals surface area contributed by atoms with Crippen molar-refractivity contribution >= 4 is 93.2 Å². The van der Waals surface area contributed by atoms with Crippen molar-refractivity contribution in [2.24, 2.45) is 0 Å². The summed E-state index contributed by atoms with van der Waals surface area (Å²) in [7, 11) is -8.37. The number of anilines is 2. The Balaban J connectivity index is 1.64. The number of hydrogen-bond donors (Lipinski definition) is 2. The summed E-state index contributed by atoms with van der Waals surface area (Å²) in [5.41, 5.74) is 3.49. The Kier molecular flexibility index (Phi) is 10.4. The fraction of sp³-hybridized carbons (Fsp3) is 0.344. The van der Waals surface area contributed by atoms with Gasteiger partial charge in [0.15, 0.2) is 6.54 Å². The lowest BCUT2D eigenvalue weighted by atomic mass is 10.1. The zero-order chi connectivity index (χ0) is 33.4. The van der Waals surface area contributed by atoms with E-state index in [9.17, 15) is 25.9 Å². The molecule has 1 aliphatic rings. The van der Waals surface area contributed by atoms with E-state index in [1.165, 1.54) is 6.92 Å². The fourth-order valence-corrected chi connectivity index (χ4v) is 8.11. The summed E-state index contributed by atoms with van der Waals surface area (Å²) in [6.45, 7) is 6.59. The molecule has 0 saturated heterocycles. The molecule has 0 saturated carbocycles. The van der Waals surface area contributed by atoms with Gasteiger partial charge in [-0.05, 0) is 68.0 Å². The highest BCUT2D eigenvalue weighted by Gasteiger charge is 2.35. The minimum absolute atomic E-state index is 0.00817. The van der Waals surface area contributed by atoms with Gasteiger partial charge in [-0.1, -0.05) is 65.7 Å². The fourth-order valence-electron chi connectivity index (χ4n) is 5.71. The van der Waals surface area contributed by atoms with Gasteiger partial charge in [-0.2, -0.15) is 21.4 Å². The summed E-state index contributed by atoms with van der Waals surface area (Å²) in [5, 5.41) is 2.78. The van der Waals surface area contributed by atoms with Crippen molar-refractivity contribution in [1.82, 2.24) is 0 Å². The number of halogens is 2. The van der Waals surface area contributed by atoms with Crippen LogP contribution in [0.5, 0.6) is 0 Å². The SMILES string of the molecule is CCC(=C/c1sc2ccc3ccccc3c2[n+]1CCCCS(=O)(=O)O)/C=C1/N(CC)c2cc(Cl)c(Cl)cc2N1CC(C)S(=O)(=O)O. The number of unbranched alkanes of at least 4 members (excludes halogenated alkanes) is 1. The predicted octanol–water partition coefficient (Wildman–Crippen LogP) is 7.57. The van der Waals surface area contributed by atoms with Crippen LogP contribution in [-0.2, 0) is 26.8 Å². The quantitative estimate of drug-likeness (QED) is 0.0873. The second kappa shape index (κ2) is 13.8. The van der Waals surface area contributed by atoms with E-state index in [0.717, 1.165) is 43.1 Å². The van der Waals surface area contributed by atoms with E-state index in [1.54, 1.807) is 23.5 Å². The molecule has 0 aliphatic carbocycles. The zero-order valence-corrected chi connectivity index (χ0v) is 29.6. The summed E-state index contributed by atoms with van der Waals surface area (Å²) in [6.07, 6.45) is 5.64. The van der Waals surface area contributed by atoms with E-state index in [0.29, 0.717) is 48.1 Å².